The monoisotopic (exact) mass is 489 g/mol. The minimum absolute atomic E-state index is 0.292. The zero-order valence-electron chi connectivity index (χ0n) is 17.2. The number of hydrogen-bond donors (Lipinski definition) is 3. The molecular formula is C23H20BrN7O. The normalized spacial score (nSPS) is 10.7. The Morgan fingerprint density at radius 2 is 1.34 bits per heavy atom. The molecule has 1 aromatic heterocycles. The van der Waals surface area contributed by atoms with Crippen LogP contribution in [0.4, 0.5) is 29.2 Å². The first-order chi connectivity index (χ1) is 15.7. The number of nitrogens with zero attached hydrogens (tertiary/aromatic N) is 4. The number of hydrogen-bond acceptors (Lipinski definition) is 8. The second-order valence-electron chi connectivity index (χ2n) is 6.55. The highest BCUT2D eigenvalue weighted by Gasteiger charge is 2.07. The third-order valence-electron chi connectivity index (χ3n) is 4.25. The van der Waals surface area contributed by atoms with Crippen molar-refractivity contribution < 1.29 is 4.74 Å². The van der Waals surface area contributed by atoms with Gasteiger partial charge in [0.2, 0.25) is 17.8 Å². The second kappa shape index (κ2) is 10.4. The summed E-state index contributed by atoms with van der Waals surface area (Å²) in [6, 6.07) is 25.0. The number of para-hydroxylation sites is 2. The van der Waals surface area contributed by atoms with E-state index < -0.39 is 0 Å². The fraction of sp³-hybridized carbons (Fsp3) is 0.0435. The van der Waals surface area contributed by atoms with Crippen molar-refractivity contribution in [2.45, 2.75) is 0 Å². The zero-order valence-corrected chi connectivity index (χ0v) is 18.7. The maximum atomic E-state index is 5.25. The molecule has 4 aromatic rings. The van der Waals surface area contributed by atoms with Gasteiger partial charge in [-0.3, -0.25) is 0 Å². The lowest BCUT2D eigenvalue weighted by molar-refractivity contribution is 0.412. The summed E-state index contributed by atoms with van der Waals surface area (Å²) in [4.78, 5) is 13.3. The summed E-state index contributed by atoms with van der Waals surface area (Å²) in [7, 11) is 1.62. The molecule has 0 unspecified atom stereocenters. The molecule has 0 atom stereocenters. The van der Waals surface area contributed by atoms with Gasteiger partial charge in [0.1, 0.15) is 5.75 Å². The fourth-order valence-corrected chi connectivity index (χ4v) is 3.32. The van der Waals surface area contributed by atoms with E-state index in [4.69, 9.17) is 4.74 Å². The van der Waals surface area contributed by atoms with Gasteiger partial charge < -0.3 is 15.4 Å². The van der Waals surface area contributed by atoms with Crippen molar-refractivity contribution in [2.75, 3.05) is 23.2 Å². The molecule has 0 amide bonds. The van der Waals surface area contributed by atoms with E-state index in [2.05, 4.69) is 52.0 Å². The molecule has 0 radical (unpaired) electrons. The Bertz CT molecular complexity index is 1140. The van der Waals surface area contributed by atoms with Gasteiger partial charge in [0.05, 0.1) is 17.8 Å². The van der Waals surface area contributed by atoms with E-state index in [9.17, 15) is 0 Å². The third-order valence-corrected chi connectivity index (χ3v) is 4.87. The molecule has 8 nitrogen and oxygen atoms in total. The van der Waals surface area contributed by atoms with Gasteiger partial charge in [-0.1, -0.05) is 36.4 Å². The smallest absolute Gasteiger partial charge is 0.250 e. The predicted molar refractivity (Wildman–Crippen MR) is 131 cm³/mol. The number of halogens is 1. The van der Waals surface area contributed by atoms with Crippen molar-refractivity contribution in [1.29, 1.82) is 0 Å². The van der Waals surface area contributed by atoms with Crippen LogP contribution < -0.4 is 20.8 Å². The zero-order chi connectivity index (χ0) is 22.2. The first kappa shape index (κ1) is 21.3. The van der Waals surface area contributed by atoms with Crippen LogP contribution in [0.5, 0.6) is 5.75 Å². The highest BCUT2D eigenvalue weighted by molar-refractivity contribution is 9.10. The van der Waals surface area contributed by atoms with Gasteiger partial charge in [-0.2, -0.15) is 20.1 Å². The molecule has 160 valence electrons. The Balaban J connectivity index is 1.56. The molecule has 0 bridgehead atoms. The van der Waals surface area contributed by atoms with Crippen molar-refractivity contribution in [3.8, 4) is 5.75 Å². The van der Waals surface area contributed by atoms with E-state index in [1.54, 1.807) is 13.3 Å². The first-order valence-electron chi connectivity index (χ1n) is 9.72. The summed E-state index contributed by atoms with van der Waals surface area (Å²) in [5, 5.41) is 10.6. The predicted octanol–water partition coefficient (Wildman–Crippen LogP) is 5.58. The lowest BCUT2D eigenvalue weighted by atomic mass is 10.2. The number of rotatable bonds is 8. The van der Waals surface area contributed by atoms with Gasteiger partial charge in [0.15, 0.2) is 0 Å². The van der Waals surface area contributed by atoms with Crippen LogP contribution in [0.25, 0.3) is 0 Å². The van der Waals surface area contributed by atoms with E-state index >= 15 is 0 Å². The molecule has 4 rings (SSSR count). The second-order valence-corrected chi connectivity index (χ2v) is 7.41. The van der Waals surface area contributed by atoms with Gasteiger partial charge in [0, 0.05) is 11.4 Å². The lowest BCUT2D eigenvalue weighted by Crippen LogP contribution is -2.07. The molecule has 0 fully saturated rings. The van der Waals surface area contributed by atoms with Crippen molar-refractivity contribution >= 4 is 51.4 Å². The Kier molecular flexibility index (Phi) is 6.88. The van der Waals surface area contributed by atoms with Crippen molar-refractivity contribution in [1.82, 2.24) is 15.0 Å². The number of methoxy groups -OCH3 is 1. The molecule has 0 aliphatic rings. The van der Waals surface area contributed by atoms with Gasteiger partial charge in [-0.25, -0.2) is 5.43 Å². The maximum absolute atomic E-state index is 5.25. The number of benzene rings is 3. The molecule has 0 aliphatic heterocycles. The van der Waals surface area contributed by atoms with E-state index in [0.717, 1.165) is 27.2 Å². The third kappa shape index (κ3) is 5.79. The number of anilines is 5. The quantitative estimate of drug-likeness (QED) is 0.219. The Morgan fingerprint density at radius 3 is 1.88 bits per heavy atom. The number of nitrogens with one attached hydrogen (secondary N) is 3. The Hall–Kier alpha value is -3.98. The van der Waals surface area contributed by atoms with Crippen LogP contribution in [0.3, 0.4) is 0 Å². The van der Waals surface area contributed by atoms with Gasteiger partial charge >= 0.3 is 0 Å². The minimum atomic E-state index is 0.292. The molecule has 0 aliphatic carbocycles. The van der Waals surface area contributed by atoms with Crippen LogP contribution in [0, 0.1) is 0 Å². The summed E-state index contributed by atoms with van der Waals surface area (Å²) in [5.74, 6) is 1.81. The number of aromatic nitrogens is 3. The number of hydrazone groups is 1. The maximum Gasteiger partial charge on any atom is 0.250 e. The Morgan fingerprint density at radius 1 is 0.781 bits per heavy atom. The largest absolute Gasteiger partial charge is 0.496 e. The van der Waals surface area contributed by atoms with Crippen molar-refractivity contribution in [3.63, 3.8) is 0 Å². The van der Waals surface area contributed by atoms with E-state index in [-0.39, 0.29) is 0 Å². The van der Waals surface area contributed by atoms with Gasteiger partial charge in [-0.05, 0) is 64.0 Å². The highest BCUT2D eigenvalue weighted by atomic mass is 79.9. The molecule has 0 saturated heterocycles. The van der Waals surface area contributed by atoms with Crippen LogP contribution in [-0.4, -0.2) is 28.3 Å². The van der Waals surface area contributed by atoms with E-state index in [1.807, 2.05) is 78.9 Å². The van der Waals surface area contributed by atoms with Crippen LogP contribution in [0.2, 0.25) is 0 Å². The molecular weight excluding hydrogens is 470 g/mol. The molecule has 0 spiro atoms. The lowest BCUT2D eigenvalue weighted by Gasteiger charge is -2.10. The van der Waals surface area contributed by atoms with E-state index in [1.165, 1.54) is 0 Å². The summed E-state index contributed by atoms with van der Waals surface area (Å²) >= 11 is 3.47. The van der Waals surface area contributed by atoms with Crippen LogP contribution >= 0.6 is 15.9 Å². The minimum Gasteiger partial charge on any atom is -0.496 e. The van der Waals surface area contributed by atoms with Gasteiger partial charge in [0.25, 0.3) is 0 Å². The summed E-state index contributed by atoms with van der Waals surface area (Å²) < 4.78 is 6.09. The first-order valence-corrected chi connectivity index (χ1v) is 10.5. The summed E-state index contributed by atoms with van der Waals surface area (Å²) in [6.07, 6.45) is 1.67. The average Bonchev–Trinajstić information content (AvgIpc) is 2.80. The van der Waals surface area contributed by atoms with Crippen molar-refractivity contribution in [2.24, 2.45) is 5.10 Å². The van der Waals surface area contributed by atoms with Gasteiger partial charge in [-0.15, -0.1) is 0 Å². The average molecular weight is 490 g/mol. The number of ether oxygens (including phenoxy) is 1. The van der Waals surface area contributed by atoms with Crippen molar-refractivity contribution in [3.05, 3.63) is 88.9 Å². The molecule has 1 heterocycles. The summed E-state index contributed by atoms with van der Waals surface area (Å²) in [5.41, 5.74) is 5.48. The fourth-order valence-electron chi connectivity index (χ4n) is 2.77. The van der Waals surface area contributed by atoms with Crippen LogP contribution in [-0.2, 0) is 0 Å². The SMILES string of the molecule is COc1ccc(/C=N/Nc2nc(Nc3ccccc3)nc(Nc3ccccc3)n2)cc1Br. The molecule has 3 aromatic carbocycles. The van der Waals surface area contributed by atoms with Crippen LogP contribution in [0.15, 0.2) is 88.4 Å². The molecule has 0 saturated carbocycles. The standard InChI is InChI=1S/C23H20BrN7O/c1-32-20-13-12-16(14-19(20)24)15-25-31-23-29-21(26-17-8-4-2-5-9-17)28-22(30-23)27-18-10-6-3-7-11-18/h2-15H,1H3,(H3,26,27,28,29,30,31)/b25-15+. The Labute approximate surface area is 193 Å². The summed E-state index contributed by atoms with van der Waals surface area (Å²) in [6.45, 7) is 0. The van der Waals surface area contributed by atoms with E-state index in [0.29, 0.717) is 17.8 Å². The van der Waals surface area contributed by atoms with Crippen LogP contribution in [0.1, 0.15) is 5.56 Å². The molecule has 3 N–H and O–H groups in total. The highest BCUT2D eigenvalue weighted by Crippen LogP contribution is 2.25. The molecule has 32 heavy (non-hydrogen) atoms. The topological polar surface area (TPSA) is 96.4 Å². The molecule has 9 heteroatoms.